The summed E-state index contributed by atoms with van der Waals surface area (Å²) >= 11 is 0. The van der Waals surface area contributed by atoms with E-state index in [4.69, 9.17) is 14.2 Å². The summed E-state index contributed by atoms with van der Waals surface area (Å²) in [5.41, 5.74) is 0.833. The van der Waals surface area contributed by atoms with Gasteiger partial charge in [0, 0.05) is 18.1 Å². The second-order valence-corrected chi connectivity index (χ2v) is 8.83. The fourth-order valence-electron chi connectivity index (χ4n) is 4.32. The molecule has 208 valence electrons. The van der Waals surface area contributed by atoms with Gasteiger partial charge in [-0.3, -0.25) is 4.79 Å². The van der Waals surface area contributed by atoms with Crippen LogP contribution in [-0.4, -0.2) is 61.8 Å². The van der Waals surface area contributed by atoms with E-state index in [0.29, 0.717) is 5.56 Å². The highest BCUT2D eigenvalue weighted by molar-refractivity contribution is 5.91. The van der Waals surface area contributed by atoms with Crippen molar-refractivity contribution in [3.63, 3.8) is 0 Å². The Morgan fingerprint density at radius 1 is 0.900 bits per heavy atom. The summed E-state index contributed by atoms with van der Waals surface area (Å²) in [4.78, 5) is 37.2. The van der Waals surface area contributed by atoms with Crippen LogP contribution in [0.4, 0.5) is 0 Å². The third kappa shape index (κ3) is 5.55. The van der Waals surface area contributed by atoms with E-state index < -0.39 is 53.3 Å². The third-order valence-electron chi connectivity index (χ3n) is 6.24. The molecule has 0 bridgehead atoms. The molecule has 0 radical (unpaired) electrons. The fraction of sp³-hybridized carbons (Fsp3) is 0.179. The highest BCUT2D eigenvalue weighted by Gasteiger charge is 2.43. The predicted octanol–water partition coefficient (Wildman–Crippen LogP) is 2.86. The molecule has 4 rings (SSSR count). The second kappa shape index (κ2) is 11.2. The van der Waals surface area contributed by atoms with Crippen LogP contribution in [0, 0.1) is 0 Å². The molecule has 12 nitrogen and oxygen atoms in total. The number of phenolic OH excluding ortho intramolecular Hbond substituents is 5. The van der Waals surface area contributed by atoms with Gasteiger partial charge in [-0.25, -0.2) is 9.59 Å². The van der Waals surface area contributed by atoms with Crippen molar-refractivity contribution in [3.8, 4) is 34.5 Å². The molecule has 6 N–H and O–H groups in total. The van der Waals surface area contributed by atoms with Gasteiger partial charge >= 0.3 is 17.9 Å². The van der Waals surface area contributed by atoms with Crippen molar-refractivity contribution < 1.29 is 59.2 Å². The van der Waals surface area contributed by atoms with Crippen molar-refractivity contribution in [3.05, 3.63) is 76.9 Å². The number of benzene rings is 3. The molecule has 1 aliphatic rings. The molecule has 1 aliphatic heterocycles. The van der Waals surface area contributed by atoms with Crippen LogP contribution in [0.3, 0.4) is 0 Å². The Bertz CT molecular complexity index is 1510. The summed E-state index contributed by atoms with van der Waals surface area (Å²) in [7, 11) is 1.10. The number of phenols is 5. The summed E-state index contributed by atoms with van der Waals surface area (Å²) in [5, 5.41) is 59.1. The molecule has 0 fully saturated rings. The number of ether oxygens (including phenoxy) is 3. The summed E-state index contributed by atoms with van der Waals surface area (Å²) in [6.07, 6.45) is -0.576. The average Bonchev–Trinajstić information content (AvgIpc) is 3.33. The molecule has 0 aliphatic carbocycles. The lowest BCUT2D eigenvalue weighted by Crippen LogP contribution is -2.30. The lowest BCUT2D eigenvalue weighted by atomic mass is 9.88. The summed E-state index contributed by atoms with van der Waals surface area (Å²) in [6.45, 7) is 0. The molecule has 0 unspecified atom stereocenters. The first-order chi connectivity index (χ1) is 19.0. The monoisotopic (exact) mass is 552 g/mol. The van der Waals surface area contributed by atoms with Gasteiger partial charge in [0.1, 0.15) is 12.0 Å². The van der Waals surface area contributed by atoms with E-state index in [-0.39, 0.29) is 40.4 Å². The van der Waals surface area contributed by atoms with E-state index >= 15 is 0 Å². The number of hydrogen-bond donors (Lipinski definition) is 6. The number of carboxylic acids is 1. The van der Waals surface area contributed by atoms with Gasteiger partial charge in [-0.1, -0.05) is 18.2 Å². The van der Waals surface area contributed by atoms with E-state index in [1.807, 2.05) is 0 Å². The van der Waals surface area contributed by atoms with Crippen LogP contribution >= 0.6 is 0 Å². The Morgan fingerprint density at radius 2 is 1.55 bits per heavy atom. The number of aromatic hydroxyl groups is 5. The number of esters is 2. The van der Waals surface area contributed by atoms with Crippen LogP contribution in [-0.2, 0) is 30.3 Å². The minimum Gasteiger partial charge on any atom is -0.504 e. The average molecular weight is 552 g/mol. The second-order valence-electron chi connectivity index (χ2n) is 8.83. The first kappa shape index (κ1) is 27.6. The highest BCUT2D eigenvalue weighted by Crippen LogP contribution is 2.52. The Labute approximate surface area is 226 Å². The predicted molar refractivity (Wildman–Crippen MR) is 136 cm³/mol. The number of carboxylic acid groups (broad SMARTS) is 1. The first-order valence-corrected chi connectivity index (χ1v) is 11.7. The van der Waals surface area contributed by atoms with Gasteiger partial charge in [-0.05, 0) is 53.1 Å². The van der Waals surface area contributed by atoms with E-state index in [9.17, 15) is 45.0 Å². The SMILES string of the molecule is COC(=O)[C@@H](Cc1ccc(O)c(O)c1)OC(=O)/C=C/c1ccc(O)c2c1[C@H](C(=O)O)[C@@H](c1ccc(O)c(O)c1)O2. The van der Waals surface area contributed by atoms with Gasteiger partial charge in [0.15, 0.2) is 34.5 Å². The van der Waals surface area contributed by atoms with Crippen LogP contribution in [0.5, 0.6) is 34.5 Å². The zero-order valence-electron chi connectivity index (χ0n) is 20.8. The molecule has 0 spiro atoms. The third-order valence-corrected chi connectivity index (χ3v) is 6.24. The van der Waals surface area contributed by atoms with E-state index in [0.717, 1.165) is 19.3 Å². The molecule has 3 atom stereocenters. The molecule has 40 heavy (non-hydrogen) atoms. The number of fused-ring (bicyclic) bond motifs is 1. The smallest absolute Gasteiger partial charge is 0.347 e. The zero-order chi connectivity index (χ0) is 29.1. The molecular formula is C28H24O12. The van der Waals surface area contributed by atoms with Gasteiger partial charge in [0.05, 0.1) is 7.11 Å². The summed E-state index contributed by atoms with van der Waals surface area (Å²) < 4.78 is 15.7. The molecule has 3 aromatic carbocycles. The van der Waals surface area contributed by atoms with Gasteiger partial charge in [0.2, 0.25) is 6.10 Å². The fourth-order valence-corrected chi connectivity index (χ4v) is 4.32. The number of hydrogen-bond acceptors (Lipinski definition) is 11. The molecule has 0 amide bonds. The maximum Gasteiger partial charge on any atom is 0.347 e. The van der Waals surface area contributed by atoms with E-state index in [1.165, 1.54) is 48.5 Å². The first-order valence-electron chi connectivity index (χ1n) is 11.7. The van der Waals surface area contributed by atoms with Crippen molar-refractivity contribution in [1.29, 1.82) is 0 Å². The Balaban J connectivity index is 1.60. The molecule has 12 heteroatoms. The van der Waals surface area contributed by atoms with Gasteiger partial charge in [-0.2, -0.15) is 0 Å². The largest absolute Gasteiger partial charge is 0.504 e. The number of carbonyl (C=O) groups excluding carboxylic acids is 2. The lowest BCUT2D eigenvalue weighted by Gasteiger charge is -2.17. The number of rotatable bonds is 8. The lowest BCUT2D eigenvalue weighted by molar-refractivity contribution is -0.162. The van der Waals surface area contributed by atoms with Gasteiger partial charge < -0.3 is 44.8 Å². The van der Waals surface area contributed by atoms with Gasteiger partial charge in [0.25, 0.3) is 0 Å². The topological polar surface area (TPSA) is 200 Å². The van der Waals surface area contributed by atoms with E-state index in [2.05, 4.69) is 0 Å². The number of methoxy groups -OCH3 is 1. The van der Waals surface area contributed by atoms with Crippen molar-refractivity contribution in [1.82, 2.24) is 0 Å². The van der Waals surface area contributed by atoms with Crippen LogP contribution in [0.1, 0.15) is 34.3 Å². The number of aliphatic carboxylic acids is 1. The van der Waals surface area contributed by atoms with Crippen molar-refractivity contribution >= 4 is 24.0 Å². The molecule has 0 aromatic heterocycles. The maximum atomic E-state index is 12.6. The van der Waals surface area contributed by atoms with Crippen molar-refractivity contribution in [2.45, 2.75) is 24.5 Å². The van der Waals surface area contributed by atoms with Crippen molar-refractivity contribution in [2.75, 3.05) is 7.11 Å². The maximum absolute atomic E-state index is 12.6. The normalized spacial score (nSPS) is 16.6. The Hall–Kier alpha value is -5.39. The van der Waals surface area contributed by atoms with Crippen LogP contribution in [0.2, 0.25) is 0 Å². The molecular weight excluding hydrogens is 528 g/mol. The van der Waals surface area contributed by atoms with E-state index in [1.54, 1.807) is 0 Å². The Morgan fingerprint density at radius 3 is 2.17 bits per heavy atom. The quantitative estimate of drug-likeness (QED) is 0.136. The molecule has 3 aromatic rings. The summed E-state index contributed by atoms with van der Waals surface area (Å²) in [6, 6.07) is 10.1. The molecule has 1 heterocycles. The number of carbonyl (C=O) groups is 3. The van der Waals surface area contributed by atoms with Crippen molar-refractivity contribution in [2.24, 2.45) is 0 Å². The minimum absolute atomic E-state index is 0.0539. The van der Waals surface area contributed by atoms with Crippen LogP contribution < -0.4 is 4.74 Å². The molecule has 0 saturated carbocycles. The highest BCUT2D eigenvalue weighted by atomic mass is 16.6. The Kier molecular flexibility index (Phi) is 7.71. The molecule has 0 saturated heterocycles. The summed E-state index contributed by atoms with van der Waals surface area (Å²) in [5.74, 6) is -6.73. The zero-order valence-corrected chi connectivity index (χ0v) is 20.8. The van der Waals surface area contributed by atoms with Crippen LogP contribution in [0.15, 0.2) is 54.6 Å². The van der Waals surface area contributed by atoms with Crippen LogP contribution in [0.25, 0.3) is 6.08 Å². The van der Waals surface area contributed by atoms with Gasteiger partial charge in [-0.15, -0.1) is 0 Å². The standard InChI is InChI=1S/C28H24O12/c1-38-28(37)21(11-13-2-6-16(29)19(32)10-13)39-22(34)9-5-14-3-8-18(31)26-23(14)24(27(35)36)25(40-26)15-4-7-17(30)20(33)12-15/h2-10,12,21,24-25,29-33H,11H2,1H3,(H,35,36)/b9-5+/t21-,24+,25-/m1/s1. The minimum atomic E-state index is -1.40.